The van der Waals surface area contributed by atoms with E-state index < -0.39 is 23.5 Å². The van der Waals surface area contributed by atoms with Crippen LogP contribution in [0.4, 0.5) is 26.3 Å². The van der Waals surface area contributed by atoms with Gasteiger partial charge in [-0.25, -0.2) is 23.4 Å². The molecule has 8 aromatic heterocycles. The van der Waals surface area contributed by atoms with Crippen molar-refractivity contribution in [3.63, 3.8) is 0 Å². The zero-order chi connectivity index (χ0) is 90.4. The number of phenols is 1. The van der Waals surface area contributed by atoms with Crippen LogP contribution in [0.2, 0.25) is 0 Å². The summed E-state index contributed by atoms with van der Waals surface area (Å²) in [5, 5.41) is 38.2. The molecule has 3 aliphatic rings. The van der Waals surface area contributed by atoms with Crippen LogP contribution in [0.25, 0.3) is 151 Å². The van der Waals surface area contributed by atoms with Gasteiger partial charge < -0.3 is 18.8 Å². The Morgan fingerprint density at radius 1 is 0.366 bits per heavy atom. The van der Waals surface area contributed by atoms with E-state index in [-0.39, 0.29) is 11.2 Å². The summed E-state index contributed by atoms with van der Waals surface area (Å²) in [7, 11) is 2.20. The Balaban J connectivity index is 0.000000106. The summed E-state index contributed by atoms with van der Waals surface area (Å²) in [5.74, 6) is 0.284. The van der Waals surface area contributed by atoms with Crippen LogP contribution in [0.15, 0.2) is 340 Å². The van der Waals surface area contributed by atoms with E-state index in [0.29, 0.717) is 40.1 Å². The molecule has 0 atom stereocenters. The molecule has 131 heavy (non-hydrogen) atoms. The smallest absolute Gasteiger partial charge is 0.416 e. The normalized spacial score (nSPS) is 12.8. The zero-order valence-corrected chi connectivity index (χ0v) is 73.6. The third kappa shape index (κ3) is 16.9. The minimum Gasteiger partial charge on any atom is -0.508 e. The Hall–Kier alpha value is -15.3. The lowest BCUT2D eigenvalue weighted by molar-refractivity contribution is -0.138. The number of para-hydroxylation sites is 1. The first kappa shape index (κ1) is 85.1. The molecular formula is C111H95F6N13O. The second kappa shape index (κ2) is 35.4. The molecule has 20 aromatic rings. The molecule has 12 aromatic carbocycles. The van der Waals surface area contributed by atoms with E-state index in [0.717, 1.165) is 126 Å². The van der Waals surface area contributed by atoms with Crippen LogP contribution >= 0.6 is 0 Å². The maximum absolute atomic E-state index is 13.4. The van der Waals surface area contributed by atoms with Gasteiger partial charge >= 0.3 is 12.4 Å². The summed E-state index contributed by atoms with van der Waals surface area (Å²) >= 11 is 0. The van der Waals surface area contributed by atoms with Crippen LogP contribution < -0.4 is 0 Å². The highest BCUT2D eigenvalue weighted by atomic mass is 19.4. The number of benzene rings is 12. The van der Waals surface area contributed by atoms with E-state index >= 15 is 0 Å². The van der Waals surface area contributed by atoms with Gasteiger partial charge in [-0.1, -0.05) is 190 Å². The second-order valence-corrected chi connectivity index (χ2v) is 34.3. The largest absolute Gasteiger partial charge is 0.508 e. The number of rotatable bonds is 12. The van der Waals surface area contributed by atoms with Crippen molar-refractivity contribution in [3.05, 3.63) is 390 Å². The van der Waals surface area contributed by atoms with Crippen molar-refractivity contribution in [1.29, 1.82) is 0 Å². The van der Waals surface area contributed by atoms with Gasteiger partial charge in [0.05, 0.1) is 99.0 Å². The zero-order valence-electron chi connectivity index (χ0n) is 73.6. The van der Waals surface area contributed by atoms with Gasteiger partial charge in [-0.05, 0) is 250 Å². The summed E-state index contributed by atoms with van der Waals surface area (Å²) in [6, 6.07) is 97.1. The first-order chi connectivity index (χ1) is 63.5. The molecule has 1 N–H and O–H groups in total. The van der Waals surface area contributed by atoms with Crippen molar-refractivity contribution < 1.29 is 31.4 Å². The molecule has 0 radical (unpaired) electrons. The molecule has 0 saturated heterocycles. The van der Waals surface area contributed by atoms with Gasteiger partial charge in [-0.2, -0.15) is 51.8 Å². The van der Waals surface area contributed by atoms with E-state index in [1.807, 2.05) is 125 Å². The number of alkyl halides is 6. The third-order valence-corrected chi connectivity index (χ3v) is 25.1. The van der Waals surface area contributed by atoms with Gasteiger partial charge in [-0.3, -0.25) is 0 Å². The first-order valence-corrected chi connectivity index (χ1v) is 44.3. The van der Waals surface area contributed by atoms with Crippen LogP contribution in [0, 0.1) is 12.3 Å². The monoisotopic (exact) mass is 1740 g/mol. The number of fused-ring (bicyclic) bond motifs is 11. The Kier molecular flexibility index (Phi) is 23.0. The van der Waals surface area contributed by atoms with Crippen molar-refractivity contribution in [2.75, 3.05) is 0 Å². The highest BCUT2D eigenvalue weighted by molar-refractivity contribution is 6.10. The summed E-state index contributed by atoms with van der Waals surface area (Å²) in [4.78, 5) is 0. The van der Waals surface area contributed by atoms with Crippen molar-refractivity contribution in [2.24, 2.45) is 12.5 Å². The predicted molar refractivity (Wildman–Crippen MR) is 516 cm³/mol. The number of aryl methyl sites for hydroxylation is 5. The molecule has 0 amide bonds. The molecule has 3 aliphatic carbocycles. The molecule has 20 heteroatoms. The van der Waals surface area contributed by atoms with Crippen LogP contribution in [-0.2, 0) is 58.2 Å². The summed E-state index contributed by atoms with van der Waals surface area (Å²) in [5.41, 5.74) is 27.7. The van der Waals surface area contributed by atoms with Crippen LogP contribution in [-0.4, -0.2) is 67.7 Å². The highest BCUT2D eigenvalue weighted by Crippen LogP contribution is 2.44. The summed E-state index contributed by atoms with van der Waals surface area (Å²) < 4.78 is 96.5. The Morgan fingerprint density at radius 3 is 1.28 bits per heavy atom. The maximum Gasteiger partial charge on any atom is 0.416 e. The number of aromatic hydroxyl groups is 1. The number of allylic oxidation sites excluding steroid dienone is 2. The molecule has 8 heterocycles. The maximum atomic E-state index is 13.4. The van der Waals surface area contributed by atoms with Gasteiger partial charge in [0.15, 0.2) is 0 Å². The quantitative estimate of drug-likeness (QED) is 0.122. The van der Waals surface area contributed by atoms with Crippen molar-refractivity contribution >= 4 is 66.7 Å². The van der Waals surface area contributed by atoms with E-state index in [9.17, 15) is 31.4 Å². The molecular weight excluding hydrogens is 1650 g/mol. The lowest BCUT2D eigenvalue weighted by atomic mass is 9.85. The van der Waals surface area contributed by atoms with Crippen LogP contribution in [0.1, 0.15) is 97.7 Å². The Labute approximate surface area is 754 Å². The predicted octanol–water partition coefficient (Wildman–Crippen LogP) is 27.9. The fourth-order valence-corrected chi connectivity index (χ4v) is 18.8. The van der Waals surface area contributed by atoms with Crippen LogP contribution in [0.5, 0.6) is 5.75 Å². The van der Waals surface area contributed by atoms with E-state index in [2.05, 4.69) is 243 Å². The minimum atomic E-state index is -4.40. The van der Waals surface area contributed by atoms with Gasteiger partial charge in [0.1, 0.15) is 5.75 Å². The Morgan fingerprint density at radius 2 is 0.786 bits per heavy atom. The first-order valence-electron chi connectivity index (χ1n) is 44.3. The number of aromatic nitrogens is 13. The minimum absolute atomic E-state index is 0.222. The van der Waals surface area contributed by atoms with Crippen molar-refractivity contribution in [3.8, 4) is 90.5 Å². The molecule has 0 aliphatic heterocycles. The number of nitrogens with zero attached hydrogens (tertiary/aromatic N) is 13. The van der Waals surface area contributed by atoms with Crippen molar-refractivity contribution in [2.45, 2.75) is 106 Å². The number of phenolic OH excluding ortho intramolecular Hbond substituents is 1. The standard InChI is InChI=1S/C25H20F3N3.C23H19N3O.C22H21N3.C22H22N2.C19H13F3N2/c1-3-30-23-7-5-4-6-20(23)21-15-19(8-9-24(21)30)31-22(10-11-29-31)17-12-16(2)13-18(14-17)25(26,27)28;1-2-25-22-10-8-17(14-19(22)20-15-18(27)9-11-23(20)25)26-21(12-13-24-26)16-6-4-3-5-7-16;1-24-21-10-6-5-9-18(21)19-15-17(11-12-22(19)24)25-20(13-14-23-25)16-7-3-2-4-8-16;1-22(2,3)19-13-17-9-10-20(15-18(17)14-19)24-21(11-12-23-24)16-7-5-4-6-8-16;20-19(21,22)17-12-15(11-14-7-4-8-16(14)17)24-18(9-10-23-24)13-5-2-1-3-6-13/h4-15H,3H2,1-2H3;3-15,27H,2H2,1H3;2-4,7-8,11-15H,5-6,9-10H2,1H3;4-12,14-15H,13H2,1-3H3;1-7,9-12H,8H2. The number of halogens is 6. The number of hydrogen-bond donors (Lipinski definition) is 1. The number of hydrogen-bond acceptors (Lipinski definition) is 6. The average Bonchev–Trinajstić information content (AvgIpc) is 1.60. The fraction of sp³-hybridized carbons (Fsp3) is 0.162. The topological polar surface area (TPSA) is 124 Å². The molecule has 0 saturated carbocycles. The third-order valence-electron chi connectivity index (χ3n) is 25.1. The molecule has 23 rings (SSSR count). The summed E-state index contributed by atoms with van der Waals surface area (Å²) in [6.45, 7) is 14.5. The lowest BCUT2D eigenvalue weighted by Crippen LogP contribution is -2.11. The molecule has 0 unspecified atom stereocenters. The van der Waals surface area contributed by atoms with Crippen molar-refractivity contribution in [1.82, 2.24) is 62.6 Å². The van der Waals surface area contributed by atoms with Crippen LogP contribution in [0.3, 0.4) is 0 Å². The summed E-state index contributed by atoms with van der Waals surface area (Å²) in [6.07, 6.45) is 12.2. The average molecular weight is 1740 g/mol. The Bertz CT molecular complexity index is 7670. The van der Waals surface area contributed by atoms with Gasteiger partial charge in [0.25, 0.3) is 0 Å². The molecule has 14 nitrogen and oxygen atoms in total. The highest BCUT2D eigenvalue weighted by Gasteiger charge is 2.36. The van der Waals surface area contributed by atoms with E-state index in [1.165, 1.54) is 82.2 Å². The molecule has 0 bridgehead atoms. The molecule has 0 spiro atoms. The fourth-order valence-electron chi connectivity index (χ4n) is 18.8. The van der Waals surface area contributed by atoms with E-state index in [1.54, 1.807) is 76.7 Å². The van der Waals surface area contributed by atoms with Gasteiger partial charge in [0.2, 0.25) is 0 Å². The SMILES string of the molecule is CC(C)(C)C1=Cc2cc(-n3nccc3-c3ccccc3)ccc2C1.CCn1c2ccc(O)cc2c2cc(-n3nccc3-c3ccccc3)ccc21.CCn1c2ccccc2c2cc(-n3nccc3-c3cc(C)cc(C(F)(F)F)c3)ccc21.Cn1c2c(c3cc(-n4nccc4-c4ccccc4)ccc31)CCCC2.FC(F)(F)c1cc(-n2nccc2-c2ccccc2)cc2c1CC=C2. The van der Waals surface area contributed by atoms with E-state index in [4.69, 9.17) is 0 Å². The lowest BCUT2D eigenvalue weighted by Gasteiger charge is -2.19. The second-order valence-electron chi connectivity index (χ2n) is 34.3. The van der Waals surface area contributed by atoms with Gasteiger partial charge in [0, 0.05) is 108 Å². The molecule has 0 fully saturated rings. The van der Waals surface area contributed by atoms with Gasteiger partial charge in [-0.15, -0.1) is 0 Å². The molecule has 652 valence electrons.